The lowest BCUT2D eigenvalue weighted by atomic mass is 10.1. The molecule has 1 aliphatic heterocycles. The van der Waals surface area contributed by atoms with Crippen LogP contribution in [0.2, 0.25) is 5.02 Å². The summed E-state index contributed by atoms with van der Waals surface area (Å²) in [6.45, 7) is 12.2. The minimum Gasteiger partial charge on any atom is -0.369 e. The molecule has 1 amide bonds. The van der Waals surface area contributed by atoms with Crippen molar-refractivity contribution in [2.24, 2.45) is 0 Å². The Labute approximate surface area is 213 Å². The molecule has 0 unspecified atom stereocenters. The third-order valence-corrected chi connectivity index (χ3v) is 7.06. The van der Waals surface area contributed by atoms with Crippen molar-refractivity contribution >= 4 is 23.2 Å². The number of carbonyl (C=O) groups excluding carboxylic acids is 1. The average Bonchev–Trinajstić information content (AvgIpc) is 3.13. The fourth-order valence-electron chi connectivity index (χ4n) is 4.73. The van der Waals surface area contributed by atoms with Gasteiger partial charge in [-0.2, -0.15) is 5.10 Å². The molecule has 2 aromatic carbocycles. The predicted molar refractivity (Wildman–Crippen MR) is 144 cm³/mol. The third kappa shape index (κ3) is 6.65. The first kappa shape index (κ1) is 25.3. The van der Waals surface area contributed by atoms with E-state index in [1.165, 1.54) is 11.3 Å². The molecule has 1 fully saturated rings. The lowest BCUT2D eigenvalue weighted by Crippen LogP contribution is -2.46. The van der Waals surface area contributed by atoms with E-state index in [2.05, 4.69) is 51.4 Å². The maximum atomic E-state index is 12.6. The predicted octanol–water partition coefficient (Wildman–Crippen LogP) is 4.71. The number of benzene rings is 2. The first-order valence-electron chi connectivity index (χ1n) is 12.5. The van der Waals surface area contributed by atoms with Crippen LogP contribution in [0.5, 0.6) is 0 Å². The summed E-state index contributed by atoms with van der Waals surface area (Å²) in [5.74, 6) is 0.0543. The smallest absolute Gasteiger partial charge is 0.224 e. The fraction of sp³-hybridized carbons (Fsp3) is 0.429. The molecule has 0 radical (unpaired) electrons. The Morgan fingerprint density at radius 2 is 1.71 bits per heavy atom. The van der Waals surface area contributed by atoms with E-state index in [4.69, 9.17) is 11.6 Å². The Kier molecular flexibility index (Phi) is 8.47. The summed E-state index contributed by atoms with van der Waals surface area (Å²) in [4.78, 5) is 17.6. The van der Waals surface area contributed by atoms with Gasteiger partial charge < -0.3 is 10.2 Å². The molecule has 35 heavy (non-hydrogen) atoms. The summed E-state index contributed by atoms with van der Waals surface area (Å²) in [6.07, 6.45) is 2.44. The van der Waals surface area contributed by atoms with Gasteiger partial charge in [0.1, 0.15) is 0 Å². The van der Waals surface area contributed by atoms with Crippen molar-refractivity contribution < 1.29 is 4.79 Å². The Morgan fingerprint density at radius 3 is 2.43 bits per heavy atom. The number of rotatable bonds is 9. The zero-order chi connectivity index (χ0) is 24.8. The molecule has 0 spiro atoms. The van der Waals surface area contributed by atoms with E-state index in [-0.39, 0.29) is 5.91 Å². The minimum atomic E-state index is 0.0543. The van der Waals surface area contributed by atoms with E-state index in [1.54, 1.807) is 0 Å². The molecule has 1 saturated heterocycles. The molecular formula is C28H36ClN5O. The zero-order valence-corrected chi connectivity index (χ0v) is 21.8. The van der Waals surface area contributed by atoms with Crippen LogP contribution in [0, 0.1) is 20.8 Å². The van der Waals surface area contributed by atoms with Gasteiger partial charge in [-0.1, -0.05) is 23.7 Å². The number of nitrogens with zero attached hydrogens (tertiary/aromatic N) is 4. The summed E-state index contributed by atoms with van der Waals surface area (Å²) in [5, 5.41) is 8.43. The maximum Gasteiger partial charge on any atom is 0.224 e. The molecule has 0 atom stereocenters. The Balaban J connectivity index is 1.16. The second-order valence-electron chi connectivity index (χ2n) is 9.44. The van der Waals surface area contributed by atoms with Gasteiger partial charge in [0, 0.05) is 54.7 Å². The number of aryl methyl sites for hydroxylation is 2. The van der Waals surface area contributed by atoms with Crippen LogP contribution in [0.1, 0.15) is 35.4 Å². The van der Waals surface area contributed by atoms with Crippen LogP contribution in [0.3, 0.4) is 0 Å². The third-order valence-electron chi connectivity index (χ3n) is 6.81. The van der Waals surface area contributed by atoms with Crippen LogP contribution in [-0.4, -0.2) is 59.9 Å². The van der Waals surface area contributed by atoms with Crippen LogP contribution >= 0.6 is 11.6 Å². The summed E-state index contributed by atoms with van der Waals surface area (Å²) < 4.78 is 1.88. The summed E-state index contributed by atoms with van der Waals surface area (Å²) in [7, 11) is 0. The molecule has 0 bridgehead atoms. The molecule has 1 aliphatic rings. The highest BCUT2D eigenvalue weighted by atomic mass is 35.5. The maximum absolute atomic E-state index is 12.6. The monoisotopic (exact) mass is 493 g/mol. The molecule has 2 heterocycles. The second kappa shape index (κ2) is 11.7. The number of unbranched alkanes of at least 4 members (excludes halogenated alkanes) is 1. The molecule has 1 aromatic heterocycles. The quantitative estimate of drug-likeness (QED) is 0.438. The normalized spacial score (nSPS) is 14.3. The van der Waals surface area contributed by atoms with Crippen LogP contribution in [0.4, 0.5) is 5.69 Å². The number of anilines is 1. The van der Waals surface area contributed by atoms with E-state index >= 15 is 0 Å². The summed E-state index contributed by atoms with van der Waals surface area (Å²) in [6, 6.07) is 16.3. The summed E-state index contributed by atoms with van der Waals surface area (Å²) in [5.41, 5.74) is 6.46. The first-order chi connectivity index (χ1) is 16.9. The number of halogens is 1. The Hall–Kier alpha value is -2.83. The number of hydrogen-bond acceptors (Lipinski definition) is 4. The number of carbonyl (C=O) groups is 1. The Bertz CT molecular complexity index is 1130. The first-order valence-corrected chi connectivity index (χ1v) is 12.9. The van der Waals surface area contributed by atoms with Gasteiger partial charge in [-0.05, 0) is 82.1 Å². The van der Waals surface area contributed by atoms with E-state index < -0.39 is 0 Å². The molecule has 6 nitrogen and oxygen atoms in total. The number of amides is 1. The van der Waals surface area contributed by atoms with E-state index in [9.17, 15) is 4.79 Å². The van der Waals surface area contributed by atoms with Gasteiger partial charge in [-0.15, -0.1) is 0 Å². The lowest BCUT2D eigenvalue weighted by molar-refractivity contribution is -0.120. The SMILES string of the molecule is Cc1cccc(N2CCN(CCCCNC(=O)Cc3c(C)nn(-c4ccc(Cl)cc4)c3C)CC2)c1. The number of hydrogen-bond donors (Lipinski definition) is 1. The van der Waals surface area contributed by atoms with Crippen molar-refractivity contribution in [3.63, 3.8) is 0 Å². The van der Waals surface area contributed by atoms with Gasteiger partial charge >= 0.3 is 0 Å². The van der Waals surface area contributed by atoms with Crippen molar-refractivity contribution in [3.05, 3.63) is 76.1 Å². The molecule has 0 saturated carbocycles. The zero-order valence-electron chi connectivity index (χ0n) is 21.1. The molecule has 1 N–H and O–H groups in total. The van der Waals surface area contributed by atoms with E-state index in [0.29, 0.717) is 18.0 Å². The van der Waals surface area contributed by atoms with Gasteiger partial charge in [0.15, 0.2) is 0 Å². The van der Waals surface area contributed by atoms with Crippen LogP contribution in [0.15, 0.2) is 48.5 Å². The fourth-order valence-corrected chi connectivity index (χ4v) is 4.86. The highest BCUT2D eigenvalue weighted by Gasteiger charge is 2.18. The molecular weight excluding hydrogens is 458 g/mol. The van der Waals surface area contributed by atoms with Crippen LogP contribution in [-0.2, 0) is 11.2 Å². The van der Waals surface area contributed by atoms with Crippen LogP contribution in [0.25, 0.3) is 5.69 Å². The largest absolute Gasteiger partial charge is 0.369 e. The Morgan fingerprint density at radius 1 is 0.971 bits per heavy atom. The van der Waals surface area contributed by atoms with Crippen molar-refractivity contribution in [3.8, 4) is 5.69 Å². The highest BCUT2D eigenvalue weighted by molar-refractivity contribution is 6.30. The molecule has 7 heteroatoms. The number of aromatic nitrogens is 2. The van der Waals surface area contributed by atoms with Crippen molar-refractivity contribution in [2.45, 2.75) is 40.0 Å². The van der Waals surface area contributed by atoms with Crippen molar-refractivity contribution in [2.75, 3.05) is 44.2 Å². The molecule has 186 valence electrons. The number of nitrogens with one attached hydrogen (secondary N) is 1. The summed E-state index contributed by atoms with van der Waals surface area (Å²) >= 11 is 6.01. The number of piperazine rings is 1. The van der Waals surface area contributed by atoms with Gasteiger partial charge in [-0.25, -0.2) is 4.68 Å². The van der Waals surface area contributed by atoms with Gasteiger partial charge in [-0.3, -0.25) is 9.69 Å². The molecule has 3 aromatic rings. The minimum absolute atomic E-state index is 0.0543. The second-order valence-corrected chi connectivity index (χ2v) is 9.88. The van der Waals surface area contributed by atoms with Gasteiger partial charge in [0.2, 0.25) is 5.91 Å². The van der Waals surface area contributed by atoms with Crippen LogP contribution < -0.4 is 10.2 Å². The van der Waals surface area contributed by atoms with E-state index in [1.807, 2.05) is 42.8 Å². The standard InChI is InChI=1S/C28H36ClN5O/c1-21-7-6-8-26(19-21)33-17-15-32(16-18-33)14-5-4-13-30-28(35)20-27-22(2)31-34(23(27)3)25-11-9-24(29)10-12-25/h6-12,19H,4-5,13-18,20H2,1-3H3,(H,30,35). The van der Waals surface area contributed by atoms with Gasteiger partial charge in [0.05, 0.1) is 17.8 Å². The van der Waals surface area contributed by atoms with Crippen molar-refractivity contribution in [1.82, 2.24) is 20.0 Å². The van der Waals surface area contributed by atoms with Gasteiger partial charge in [0.25, 0.3) is 0 Å². The highest BCUT2D eigenvalue weighted by Crippen LogP contribution is 2.20. The lowest BCUT2D eigenvalue weighted by Gasteiger charge is -2.36. The topological polar surface area (TPSA) is 53.4 Å². The average molecular weight is 494 g/mol. The molecule has 0 aliphatic carbocycles. The molecule has 4 rings (SSSR count). The van der Waals surface area contributed by atoms with E-state index in [0.717, 1.165) is 68.2 Å². The van der Waals surface area contributed by atoms with Crippen molar-refractivity contribution in [1.29, 1.82) is 0 Å².